The summed E-state index contributed by atoms with van der Waals surface area (Å²) in [7, 11) is 0. The zero-order valence-electron chi connectivity index (χ0n) is 19.7. The van der Waals surface area contributed by atoms with E-state index in [1.54, 1.807) is 6.20 Å². The van der Waals surface area contributed by atoms with Crippen LogP contribution in [0.4, 0.5) is 0 Å². The predicted octanol–water partition coefficient (Wildman–Crippen LogP) is 6.26. The maximum atomic E-state index is 10.7. The molecule has 5 heteroatoms. The largest absolute Gasteiger partial charge is 0.493 e. The lowest BCUT2D eigenvalue weighted by Gasteiger charge is -2.18. The minimum atomic E-state index is -0.752. The predicted molar refractivity (Wildman–Crippen MR) is 131 cm³/mol. The van der Waals surface area contributed by atoms with E-state index in [1.807, 2.05) is 49.4 Å². The molecule has 174 valence electrons. The van der Waals surface area contributed by atoms with Crippen LogP contribution < -0.4 is 9.47 Å². The smallest absolute Gasteiger partial charge is 0.303 e. The lowest BCUT2D eigenvalue weighted by atomic mass is 10.0. The maximum Gasteiger partial charge on any atom is 0.303 e. The first-order valence-electron chi connectivity index (χ1n) is 11.6. The number of aliphatic carboxylic acids is 1. The van der Waals surface area contributed by atoms with Gasteiger partial charge in [-0.05, 0) is 86.2 Å². The van der Waals surface area contributed by atoms with Crippen molar-refractivity contribution in [3.63, 3.8) is 0 Å². The summed E-state index contributed by atoms with van der Waals surface area (Å²) in [5.74, 6) is 0.903. The molecule has 0 aliphatic rings. The van der Waals surface area contributed by atoms with E-state index in [-0.39, 0.29) is 12.5 Å². The number of ether oxygens (including phenoxy) is 2. The molecule has 0 radical (unpaired) electrons. The highest BCUT2D eigenvalue weighted by Crippen LogP contribution is 2.31. The molecule has 0 fully saturated rings. The molecular formula is C28H33NO4. The van der Waals surface area contributed by atoms with Gasteiger partial charge in [0, 0.05) is 24.6 Å². The highest BCUT2D eigenvalue weighted by atomic mass is 16.5. The third-order valence-corrected chi connectivity index (χ3v) is 5.67. The van der Waals surface area contributed by atoms with Gasteiger partial charge in [0.2, 0.25) is 0 Å². The summed E-state index contributed by atoms with van der Waals surface area (Å²) in [4.78, 5) is 15.2. The zero-order valence-corrected chi connectivity index (χ0v) is 19.7. The van der Waals surface area contributed by atoms with Crippen LogP contribution >= 0.6 is 0 Å². The highest BCUT2D eigenvalue weighted by Gasteiger charge is 2.12. The molecule has 33 heavy (non-hydrogen) atoms. The molecule has 3 rings (SSSR count). The Morgan fingerprint density at radius 3 is 2.67 bits per heavy atom. The summed E-state index contributed by atoms with van der Waals surface area (Å²) < 4.78 is 12.2. The van der Waals surface area contributed by atoms with Gasteiger partial charge in [-0.1, -0.05) is 25.1 Å². The third kappa shape index (κ3) is 7.35. The second-order valence-electron chi connectivity index (χ2n) is 8.30. The van der Waals surface area contributed by atoms with Crippen LogP contribution in [-0.2, 0) is 17.6 Å². The summed E-state index contributed by atoms with van der Waals surface area (Å²) in [6.45, 7) is 6.77. The summed E-state index contributed by atoms with van der Waals surface area (Å²) >= 11 is 0. The van der Waals surface area contributed by atoms with Crippen LogP contribution in [0.3, 0.4) is 0 Å². The number of benzene rings is 2. The molecule has 0 spiro atoms. The SMILES string of the molecule is CCc1ccc(O[C@H](C)CCOc2ccc(CCCC(=O)O)c(C)c2)c(-c2ccccn2)c1. The quantitative estimate of drug-likeness (QED) is 0.355. The van der Waals surface area contributed by atoms with Crippen molar-refractivity contribution < 1.29 is 19.4 Å². The summed E-state index contributed by atoms with van der Waals surface area (Å²) in [5, 5.41) is 8.80. The Hall–Kier alpha value is -3.34. The molecule has 0 bridgehead atoms. The Morgan fingerprint density at radius 1 is 1.12 bits per heavy atom. The molecule has 0 aliphatic heterocycles. The number of carbonyl (C=O) groups is 1. The number of carboxylic acids is 1. The van der Waals surface area contributed by atoms with Crippen LogP contribution in [-0.4, -0.2) is 28.8 Å². The molecule has 1 N–H and O–H groups in total. The van der Waals surface area contributed by atoms with Crippen molar-refractivity contribution >= 4 is 5.97 Å². The lowest BCUT2D eigenvalue weighted by Crippen LogP contribution is -2.16. The van der Waals surface area contributed by atoms with E-state index in [0.29, 0.717) is 13.0 Å². The van der Waals surface area contributed by atoms with Crippen LogP contribution in [0, 0.1) is 6.92 Å². The van der Waals surface area contributed by atoms with E-state index in [0.717, 1.165) is 53.1 Å². The minimum Gasteiger partial charge on any atom is -0.493 e. The van der Waals surface area contributed by atoms with Gasteiger partial charge in [0.25, 0.3) is 0 Å². The number of aromatic nitrogens is 1. The Morgan fingerprint density at radius 2 is 1.97 bits per heavy atom. The molecule has 2 aromatic carbocycles. The molecular weight excluding hydrogens is 414 g/mol. The second kappa shape index (κ2) is 12.0. The fourth-order valence-electron chi connectivity index (χ4n) is 3.71. The number of rotatable bonds is 12. The van der Waals surface area contributed by atoms with Gasteiger partial charge in [-0.15, -0.1) is 0 Å². The second-order valence-corrected chi connectivity index (χ2v) is 8.30. The molecule has 5 nitrogen and oxygen atoms in total. The molecule has 0 saturated carbocycles. The van der Waals surface area contributed by atoms with Gasteiger partial charge < -0.3 is 14.6 Å². The van der Waals surface area contributed by atoms with Gasteiger partial charge in [0.05, 0.1) is 18.4 Å². The Bertz CT molecular complexity index is 1050. The number of hydrogen-bond donors (Lipinski definition) is 1. The number of carboxylic acid groups (broad SMARTS) is 1. The maximum absolute atomic E-state index is 10.7. The van der Waals surface area contributed by atoms with E-state index in [4.69, 9.17) is 14.6 Å². The Balaban J connectivity index is 1.55. The van der Waals surface area contributed by atoms with Gasteiger partial charge in [0.1, 0.15) is 11.5 Å². The Labute approximate surface area is 196 Å². The monoisotopic (exact) mass is 447 g/mol. The molecule has 0 unspecified atom stereocenters. The first kappa shape index (κ1) is 24.3. The molecule has 0 aliphatic carbocycles. The van der Waals surface area contributed by atoms with E-state index in [9.17, 15) is 4.79 Å². The Kier molecular flexibility index (Phi) is 8.87. The van der Waals surface area contributed by atoms with Crippen molar-refractivity contribution in [3.05, 3.63) is 77.5 Å². The molecule has 1 heterocycles. The van der Waals surface area contributed by atoms with E-state index >= 15 is 0 Å². The number of hydrogen-bond acceptors (Lipinski definition) is 4. The van der Waals surface area contributed by atoms with Crippen molar-refractivity contribution in [1.29, 1.82) is 0 Å². The van der Waals surface area contributed by atoms with Gasteiger partial charge in [-0.25, -0.2) is 0 Å². The van der Waals surface area contributed by atoms with Gasteiger partial charge >= 0.3 is 5.97 Å². The molecule has 1 atom stereocenters. The standard InChI is InChI=1S/C28H33NO4/c1-4-22-11-14-27(25(19-22)26-9-5-6-16-29-26)33-21(3)15-17-32-24-13-12-23(20(2)18-24)8-7-10-28(30)31/h5-6,9,11-14,16,18-19,21H,4,7-8,10,15,17H2,1-3H3,(H,30,31)/t21-/m1/s1. The van der Waals surface area contributed by atoms with Crippen molar-refractivity contribution in [2.75, 3.05) is 6.61 Å². The van der Waals surface area contributed by atoms with Crippen LogP contribution in [0.5, 0.6) is 11.5 Å². The van der Waals surface area contributed by atoms with E-state index < -0.39 is 5.97 Å². The lowest BCUT2D eigenvalue weighted by molar-refractivity contribution is -0.137. The van der Waals surface area contributed by atoms with Crippen LogP contribution in [0.15, 0.2) is 60.8 Å². The van der Waals surface area contributed by atoms with Crippen molar-refractivity contribution in [2.24, 2.45) is 0 Å². The summed E-state index contributed by atoms with van der Waals surface area (Å²) in [5.41, 5.74) is 5.46. The van der Waals surface area contributed by atoms with Crippen molar-refractivity contribution in [2.45, 2.75) is 59.0 Å². The van der Waals surface area contributed by atoms with Gasteiger partial charge in [-0.2, -0.15) is 0 Å². The van der Waals surface area contributed by atoms with Crippen molar-refractivity contribution in [3.8, 4) is 22.8 Å². The topological polar surface area (TPSA) is 68.7 Å². The number of aryl methyl sites for hydroxylation is 3. The van der Waals surface area contributed by atoms with Crippen LogP contribution in [0.25, 0.3) is 11.3 Å². The van der Waals surface area contributed by atoms with Crippen LogP contribution in [0.2, 0.25) is 0 Å². The summed E-state index contributed by atoms with van der Waals surface area (Å²) in [6.07, 6.45) is 5.09. The molecule has 1 aromatic heterocycles. The number of nitrogens with zero attached hydrogens (tertiary/aromatic N) is 1. The molecule has 0 saturated heterocycles. The third-order valence-electron chi connectivity index (χ3n) is 5.67. The van der Waals surface area contributed by atoms with E-state index in [1.165, 1.54) is 5.56 Å². The summed E-state index contributed by atoms with van der Waals surface area (Å²) in [6, 6.07) is 18.2. The van der Waals surface area contributed by atoms with Gasteiger partial charge in [-0.3, -0.25) is 9.78 Å². The molecule has 3 aromatic rings. The van der Waals surface area contributed by atoms with Crippen molar-refractivity contribution in [1.82, 2.24) is 4.98 Å². The van der Waals surface area contributed by atoms with Gasteiger partial charge in [0.15, 0.2) is 0 Å². The molecule has 0 amide bonds. The zero-order chi connectivity index (χ0) is 23.6. The number of pyridine rings is 1. The highest BCUT2D eigenvalue weighted by molar-refractivity contribution is 5.68. The first-order chi connectivity index (χ1) is 16.0. The van der Waals surface area contributed by atoms with Crippen LogP contribution in [0.1, 0.15) is 49.8 Å². The minimum absolute atomic E-state index is 0.0173. The van der Waals surface area contributed by atoms with E-state index in [2.05, 4.69) is 31.0 Å². The average Bonchev–Trinajstić information content (AvgIpc) is 2.81. The fourth-order valence-corrected chi connectivity index (χ4v) is 3.71. The first-order valence-corrected chi connectivity index (χ1v) is 11.6. The fraction of sp³-hybridized carbons (Fsp3) is 0.357. The normalized spacial score (nSPS) is 11.7. The average molecular weight is 448 g/mol.